The zero-order valence-corrected chi connectivity index (χ0v) is 11.4. The summed E-state index contributed by atoms with van der Waals surface area (Å²) in [5.41, 5.74) is 0.884. The number of carbonyl (C=O) groups is 1. The monoisotopic (exact) mass is 268 g/mol. The fourth-order valence-electron chi connectivity index (χ4n) is 1.37. The van der Waals surface area contributed by atoms with Gasteiger partial charge in [0, 0.05) is 18.2 Å². The highest BCUT2D eigenvalue weighted by Gasteiger charge is 2.08. The standard InChI is InChI=1S/C10H12N2O4.C3H8/c1-7(11-10(13)14)6-8-2-4-9(5-3-8)12(15)16;1-3-2/h2-5,7,11H,6H2,1H3,(H,13,14);3H2,1-2H3. The lowest BCUT2D eigenvalue weighted by Crippen LogP contribution is -2.32. The Morgan fingerprint density at radius 2 is 1.84 bits per heavy atom. The average Bonchev–Trinajstić information content (AvgIpc) is 2.29. The van der Waals surface area contributed by atoms with Gasteiger partial charge in [-0.1, -0.05) is 32.4 Å². The van der Waals surface area contributed by atoms with Crippen LogP contribution in [-0.2, 0) is 6.42 Å². The molecule has 1 rings (SSSR count). The smallest absolute Gasteiger partial charge is 0.404 e. The lowest BCUT2D eigenvalue weighted by atomic mass is 10.1. The van der Waals surface area contributed by atoms with Crippen molar-refractivity contribution in [3.05, 3.63) is 39.9 Å². The van der Waals surface area contributed by atoms with Gasteiger partial charge in [-0.05, 0) is 18.9 Å². The van der Waals surface area contributed by atoms with Crippen LogP contribution in [0.1, 0.15) is 32.8 Å². The maximum atomic E-state index is 10.4. The Bertz CT molecular complexity index is 404. The lowest BCUT2D eigenvalue weighted by molar-refractivity contribution is -0.384. The minimum Gasteiger partial charge on any atom is -0.465 e. The molecule has 1 aromatic rings. The van der Waals surface area contributed by atoms with Crippen LogP contribution < -0.4 is 5.32 Å². The Morgan fingerprint density at radius 1 is 1.37 bits per heavy atom. The van der Waals surface area contributed by atoms with Gasteiger partial charge in [0.2, 0.25) is 0 Å². The van der Waals surface area contributed by atoms with E-state index in [9.17, 15) is 14.9 Å². The van der Waals surface area contributed by atoms with Gasteiger partial charge in [0.15, 0.2) is 0 Å². The number of hydrogen-bond donors (Lipinski definition) is 2. The molecule has 0 saturated carbocycles. The van der Waals surface area contributed by atoms with Crippen LogP contribution in [0.4, 0.5) is 10.5 Å². The van der Waals surface area contributed by atoms with E-state index in [1.54, 1.807) is 19.1 Å². The van der Waals surface area contributed by atoms with Crippen LogP contribution in [0.5, 0.6) is 0 Å². The largest absolute Gasteiger partial charge is 0.465 e. The van der Waals surface area contributed by atoms with Crippen molar-refractivity contribution in [3.63, 3.8) is 0 Å². The van der Waals surface area contributed by atoms with E-state index in [1.807, 2.05) is 0 Å². The molecule has 0 radical (unpaired) electrons. The van der Waals surface area contributed by atoms with Crippen LogP contribution in [0.2, 0.25) is 0 Å². The topological polar surface area (TPSA) is 92.5 Å². The first-order valence-corrected chi connectivity index (χ1v) is 6.13. The zero-order chi connectivity index (χ0) is 14.8. The number of rotatable bonds is 4. The van der Waals surface area contributed by atoms with E-state index in [4.69, 9.17) is 5.11 Å². The van der Waals surface area contributed by atoms with Crippen LogP contribution >= 0.6 is 0 Å². The van der Waals surface area contributed by atoms with Crippen molar-refractivity contribution in [2.24, 2.45) is 0 Å². The number of amides is 1. The fraction of sp³-hybridized carbons (Fsp3) is 0.462. The SMILES string of the molecule is CC(Cc1ccc([N+](=O)[O-])cc1)NC(=O)O.CCC. The van der Waals surface area contributed by atoms with Crippen LogP contribution in [0.3, 0.4) is 0 Å². The minimum absolute atomic E-state index is 0.0302. The molecule has 0 aliphatic carbocycles. The first kappa shape index (κ1) is 16.9. The summed E-state index contributed by atoms with van der Waals surface area (Å²) in [5.74, 6) is 0. The molecule has 0 fully saturated rings. The van der Waals surface area contributed by atoms with E-state index in [1.165, 1.54) is 18.6 Å². The number of nitrogens with zero attached hydrogens (tertiary/aromatic N) is 1. The van der Waals surface area contributed by atoms with Crippen molar-refractivity contribution >= 4 is 11.8 Å². The van der Waals surface area contributed by atoms with Crippen molar-refractivity contribution < 1.29 is 14.8 Å². The van der Waals surface area contributed by atoms with Crippen LogP contribution in [0.25, 0.3) is 0 Å². The van der Waals surface area contributed by atoms with Gasteiger partial charge < -0.3 is 10.4 Å². The van der Waals surface area contributed by atoms with Gasteiger partial charge in [0.05, 0.1) is 4.92 Å². The molecule has 0 aliphatic rings. The third kappa shape index (κ3) is 7.75. The second kappa shape index (κ2) is 8.91. The van der Waals surface area contributed by atoms with Crippen LogP contribution in [0.15, 0.2) is 24.3 Å². The number of non-ortho nitro benzene ring substituents is 1. The van der Waals surface area contributed by atoms with E-state index in [0.717, 1.165) is 5.56 Å². The van der Waals surface area contributed by atoms with Gasteiger partial charge in [-0.3, -0.25) is 10.1 Å². The Balaban J connectivity index is 0.000000982. The highest BCUT2D eigenvalue weighted by molar-refractivity contribution is 5.64. The maximum Gasteiger partial charge on any atom is 0.404 e. The van der Waals surface area contributed by atoms with E-state index in [-0.39, 0.29) is 11.7 Å². The van der Waals surface area contributed by atoms with Gasteiger partial charge in [-0.15, -0.1) is 0 Å². The predicted octanol–water partition coefficient (Wildman–Crippen LogP) is 3.21. The lowest BCUT2D eigenvalue weighted by Gasteiger charge is -2.10. The quantitative estimate of drug-likeness (QED) is 0.647. The Labute approximate surface area is 112 Å². The molecule has 1 atom stereocenters. The van der Waals surface area contributed by atoms with Crippen molar-refractivity contribution in [1.29, 1.82) is 0 Å². The van der Waals surface area contributed by atoms with E-state index in [0.29, 0.717) is 6.42 Å². The molecule has 19 heavy (non-hydrogen) atoms. The Morgan fingerprint density at radius 3 is 2.21 bits per heavy atom. The number of nitro benzene ring substituents is 1. The predicted molar refractivity (Wildman–Crippen MR) is 73.4 cm³/mol. The molecule has 0 aliphatic heterocycles. The van der Waals surface area contributed by atoms with Gasteiger partial charge in [-0.2, -0.15) is 0 Å². The van der Waals surface area contributed by atoms with Gasteiger partial charge in [0.1, 0.15) is 0 Å². The number of carboxylic acid groups (broad SMARTS) is 1. The van der Waals surface area contributed by atoms with Crippen LogP contribution in [0, 0.1) is 10.1 Å². The van der Waals surface area contributed by atoms with Gasteiger partial charge in [0.25, 0.3) is 5.69 Å². The summed E-state index contributed by atoms with van der Waals surface area (Å²) in [6, 6.07) is 5.83. The molecule has 106 valence electrons. The maximum absolute atomic E-state index is 10.4. The van der Waals surface area contributed by atoms with Crippen molar-refractivity contribution in [2.75, 3.05) is 0 Å². The molecule has 1 amide bonds. The van der Waals surface area contributed by atoms with Crippen molar-refractivity contribution in [3.8, 4) is 0 Å². The fourth-order valence-corrected chi connectivity index (χ4v) is 1.37. The Kier molecular flexibility index (Phi) is 7.92. The number of hydrogen-bond acceptors (Lipinski definition) is 3. The summed E-state index contributed by atoms with van der Waals surface area (Å²) in [4.78, 5) is 20.3. The third-order valence-corrected chi connectivity index (χ3v) is 2.06. The highest BCUT2D eigenvalue weighted by Crippen LogP contribution is 2.13. The molecule has 1 aromatic carbocycles. The summed E-state index contributed by atoms with van der Waals surface area (Å²) in [7, 11) is 0. The molecule has 0 bridgehead atoms. The second-order valence-corrected chi connectivity index (χ2v) is 4.19. The summed E-state index contributed by atoms with van der Waals surface area (Å²) in [5, 5.41) is 21.2. The summed E-state index contributed by atoms with van der Waals surface area (Å²) >= 11 is 0. The molecular formula is C13H20N2O4. The Hall–Kier alpha value is -2.11. The zero-order valence-electron chi connectivity index (χ0n) is 11.4. The molecule has 0 aromatic heterocycles. The minimum atomic E-state index is -1.07. The number of benzene rings is 1. The molecule has 2 N–H and O–H groups in total. The van der Waals surface area contributed by atoms with Crippen molar-refractivity contribution in [2.45, 2.75) is 39.7 Å². The summed E-state index contributed by atoms with van der Waals surface area (Å²) in [6.45, 7) is 5.98. The molecule has 6 nitrogen and oxygen atoms in total. The first-order valence-electron chi connectivity index (χ1n) is 6.13. The average molecular weight is 268 g/mol. The molecular weight excluding hydrogens is 248 g/mol. The molecule has 6 heteroatoms. The van der Waals surface area contributed by atoms with Crippen molar-refractivity contribution in [1.82, 2.24) is 5.32 Å². The van der Waals surface area contributed by atoms with E-state index < -0.39 is 11.0 Å². The number of nitro groups is 1. The molecule has 1 unspecified atom stereocenters. The van der Waals surface area contributed by atoms with Crippen LogP contribution in [-0.4, -0.2) is 22.2 Å². The summed E-state index contributed by atoms with van der Waals surface area (Å²) < 4.78 is 0. The normalized spacial score (nSPS) is 10.9. The van der Waals surface area contributed by atoms with E-state index in [2.05, 4.69) is 19.2 Å². The second-order valence-electron chi connectivity index (χ2n) is 4.19. The summed E-state index contributed by atoms with van der Waals surface area (Å²) in [6.07, 6.45) is 0.680. The van der Waals surface area contributed by atoms with E-state index >= 15 is 0 Å². The highest BCUT2D eigenvalue weighted by atomic mass is 16.6. The van der Waals surface area contributed by atoms with Gasteiger partial charge >= 0.3 is 6.09 Å². The third-order valence-electron chi connectivity index (χ3n) is 2.06. The molecule has 0 saturated heterocycles. The molecule has 0 spiro atoms. The first-order chi connectivity index (χ1) is 8.90. The number of nitrogens with one attached hydrogen (secondary N) is 1. The molecule has 0 heterocycles. The van der Waals surface area contributed by atoms with Gasteiger partial charge in [-0.25, -0.2) is 4.79 Å².